The fourth-order valence-electron chi connectivity index (χ4n) is 2.41. The second-order valence-electron chi connectivity index (χ2n) is 4.27. The highest BCUT2D eigenvalue weighted by atomic mass is 35.5. The second kappa shape index (κ2) is 4.65. The Bertz CT molecular complexity index is 629. The molecular weight excluding hydrogens is 270 g/mol. The minimum Gasteiger partial charge on any atom is -0.453 e. The number of imidazole rings is 1. The van der Waals surface area contributed by atoms with Crippen molar-refractivity contribution in [3.05, 3.63) is 17.8 Å². The first-order valence-corrected chi connectivity index (χ1v) is 6.28. The van der Waals surface area contributed by atoms with Gasteiger partial charge in [0.2, 0.25) is 0 Å². The average Bonchev–Trinajstić information content (AvgIpc) is 3.04. The van der Waals surface area contributed by atoms with E-state index in [0.717, 1.165) is 12.8 Å². The number of likely N-dealkylation sites (tertiary alicyclic amines) is 1. The van der Waals surface area contributed by atoms with Gasteiger partial charge in [-0.05, 0) is 12.8 Å². The predicted octanol–water partition coefficient (Wildman–Crippen LogP) is 1.84. The maximum atomic E-state index is 11.7. The second-order valence-corrected chi connectivity index (χ2v) is 4.63. The highest BCUT2D eigenvalue weighted by molar-refractivity contribution is 6.33. The van der Waals surface area contributed by atoms with Crippen LogP contribution in [-0.4, -0.2) is 44.2 Å². The van der Waals surface area contributed by atoms with Crippen molar-refractivity contribution in [2.24, 2.45) is 0 Å². The number of fused-ring (bicyclic) bond motifs is 1. The molecule has 1 atom stereocenters. The molecule has 1 saturated heterocycles. The van der Waals surface area contributed by atoms with E-state index in [0.29, 0.717) is 22.9 Å². The molecule has 0 radical (unpaired) electrons. The van der Waals surface area contributed by atoms with E-state index in [1.54, 1.807) is 11.2 Å². The summed E-state index contributed by atoms with van der Waals surface area (Å²) in [5.41, 5.74) is 1.17. The molecular formula is C11H12ClN5O2. The van der Waals surface area contributed by atoms with Crippen molar-refractivity contribution in [3.63, 3.8) is 0 Å². The molecule has 1 amide bonds. The number of methoxy groups -OCH3 is 1. The third kappa shape index (κ3) is 1.90. The van der Waals surface area contributed by atoms with Gasteiger partial charge in [0.1, 0.15) is 18.0 Å². The molecule has 0 spiro atoms. The molecule has 1 unspecified atom stereocenters. The van der Waals surface area contributed by atoms with Gasteiger partial charge in [-0.1, -0.05) is 11.6 Å². The Morgan fingerprint density at radius 3 is 3.11 bits per heavy atom. The largest absolute Gasteiger partial charge is 0.453 e. The van der Waals surface area contributed by atoms with Gasteiger partial charge in [0, 0.05) is 6.54 Å². The Kier molecular flexibility index (Phi) is 2.98. The van der Waals surface area contributed by atoms with Gasteiger partial charge in [0.15, 0.2) is 10.8 Å². The van der Waals surface area contributed by atoms with Gasteiger partial charge in [-0.3, -0.25) is 9.47 Å². The van der Waals surface area contributed by atoms with E-state index in [1.807, 2.05) is 4.57 Å². The van der Waals surface area contributed by atoms with Crippen LogP contribution in [0.3, 0.4) is 0 Å². The average molecular weight is 282 g/mol. The molecule has 0 bridgehead atoms. The lowest BCUT2D eigenvalue weighted by molar-refractivity contribution is 0.105. The molecule has 0 N–H and O–H groups in total. The molecule has 3 heterocycles. The standard InChI is InChI=1S/C11H12ClN5O2/c1-19-11(18)16-4-2-3-7(16)17-6-15-8-9(12)13-5-14-10(8)17/h5-7H,2-4H2,1H3. The lowest BCUT2D eigenvalue weighted by atomic mass is 10.3. The minimum atomic E-state index is -0.343. The van der Waals surface area contributed by atoms with Gasteiger partial charge in [-0.15, -0.1) is 0 Å². The molecule has 0 saturated carbocycles. The molecule has 8 heteroatoms. The Morgan fingerprint density at radius 2 is 2.32 bits per heavy atom. The van der Waals surface area contributed by atoms with Crippen LogP contribution in [0.2, 0.25) is 5.15 Å². The Labute approximate surface area is 114 Å². The lowest BCUT2D eigenvalue weighted by Crippen LogP contribution is -2.33. The van der Waals surface area contributed by atoms with Crippen molar-refractivity contribution >= 4 is 28.9 Å². The van der Waals surface area contributed by atoms with Gasteiger partial charge in [0.25, 0.3) is 0 Å². The minimum absolute atomic E-state index is 0.136. The zero-order valence-electron chi connectivity index (χ0n) is 10.3. The first kappa shape index (κ1) is 12.2. The number of carbonyl (C=O) groups is 1. The number of carbonyl (C=O) groups excluding carboxylic acids is 1. The summed E-state index contributed by atoms with van der Waals surface area (Å²) < 4.78 is 6.63. The Hall–Kier alpha value is -1.89. The summed E-state index contributed by atoms with van der Waals surface area (Å²) in [6, 6.07) is 0. The van der Waals surface area contributed by atoms with E-state index >= 15 is 0 Å². The first-order chi connectivity index (χ1) is 9.22. The molecule has 3 rings (SSSR count). The number of rotatable bonds is 1. The summed E-state index contributed by atoms with van der Waals surface area (Å²) >= 11 is 5.97. The molecule has 2 aromatic rings. The molecule has 1 aliphatic heterocycles. The molecule has 19 heavy (non-hydrogen) atoms. The van der Waals surface area contributed by atoms with Crippen LogP contribution in [0, 0.1) is 0 Å². The van der Waals surface area contributed by atoms with E-state index in [4.69, 9.17) is 16.3 Å². The van der Waals surface area contributed by atoms with Crippen LogP contribution in [0.1, 0.15) is 19.0 Å². The van der Waals surface area contributed by atoms with E-state index < -0.39 is 0 Å². The smallest absolute Gasteiger partial charge is 0.411 e. The number of hydrogen-bond donors (Lipinski definition) is 0. The maximum absolute atomic E-state index is 11.7. The normalized spacial score (nSPS) is 19.1. The number of halogens is 1. The third-order valence-electron chi connectivity index (χ3n) is 3.27. The van der Waals surface area contributed by atoms with Crippen LogP contribution in [0.5, 0.6) is 0 Å². The van der Waals surface area contributed by atoms with Crippen LogP contribution in [0.25, 0.3) is 11.2 Å². The lowest BCUT2D eigenvalue weighted by Gasteiger charge is -2.24. The fraction of sp³-hybridized carbons (Fsp3) is 0.455. The van der Waals surface area contributed by atoms with Crippen LogP contribution < -0.4 is 0 Å². The van der Waals surface area contributed by atoms with E-state index in [9.17, 15) is 4.79 Å². The van der Waals surface area contributed by atoms with Crippen LogP contribution in [0.4, 0.5) is 4.79 Å². The van der Waals surface area contributed by atoms with Crippen molar-refractivity contribution in [1.82, 2.24) is 24.4 Å². The molecule has 1 fully saturated rings. The monoisotopic (exact) mass is 281 g/mol. The molecule has 7 nitrogen and oxygen atoms in total. The summed E-state index contributed by atoms with van der Waals surface area (Å²) in [6.07, 6.45) is 4.30. The van der Waals surface area contributed by atoms with Crippen molar-refractivity contribution in [3.8, 4) is 0 Å². The number of nitrogens with zero attached hydrogens (tertiary/aromatic N) is 5. The van der Waals surface area contributed by atoms with Gasteiger partial charge in [-0.2, -0.15) is 0 Å². The van der Waals surface area contributed by atoms with Crippen LogP contribution >= 0.6 is 11.6 Å². The fourth-order valence-corrected chi connectivity index (χ4v) is 2.59. The summed E-state index contributed by atoms with van der Waals surface area (Å²) in [4.78, 5) is 25.7. The SMILES string of the molecule is COC(=O)N1CCCC1n1cnc2c(Cl)ncnc21. The summed E-state index contributed by atoms with van der Waals surface area (Å²) in [5, 5.41) is 0.311. The number of amides is 1. The van der Waals surface area contributed by atoms with Crippen molar-refractivity contribution in [2.45, 2.75) is 19.0 Å². The molecule has 0 aromatic carbocycles. The van der Waals surface area contributed by atoms with Crippen molar-refractivity contribution in [1.29, 1.82) is 0 Å². The summed E-state index contributed by atoms with van der Waals surface area (Å²) in [5.74, 6) is 0. The highest BCUT2D eigenvalue weighted by Crippen LogP contribution is 2.30. The quantitative estimate of drug-likeness (QED) is 0.746. The molecule has 1 aliphatic rings. The first-order valence-electron chi connectivity index (χ1n) is 5.90. The van der Waals surface area contributed by atoms with E-state index in [2.05, 4.69) is 15.0 Å². The Morgan fingerprint density at radius 1 is 1.47 bits per heavy atom. The van der Waals surface area contributed by atoms with E-state index in [-0.39, 0.29) is 12.3 Å². The van der Waals surface area contributed by atoms with Gasteiger partial charge >= 0.3 is 6.09 Å². The van der Waals surface area contributed by atoms with Gasteiger partial charge in [0.05, 0.1) is 13.4 Å². The Balaban J connectivity index is 2.04. The van der Waals surface area contributed by atoms with Gasteiger partial charge in [-0.25, -0.2) is 19.7 Å². The van der Waals surface area contributed by atoms with Crippen molar-refractivity contribution in [2.75, 3.05) is 13.7 Å². The molecule has 0 aliphatic carbocycles. The predicted molar refractivity (Wildman–Crippen MR) is 67.7 cm³/mol. The topological polar surface area (TPSA) is 73.1 Å². The molecule has 2 aromatic heterocycles. The van der Waals surface area contributed by atoms with Gasteiger partial charge < -0.3 is 4.74 Å². The van der Waals surface area contributed by atoms with E-state index in [1.165, 1.54) is 13.4 Å². The maximum Gasteiger partial charge on any atom is 0.411 e. The zero-order chi connectivity index (χ0) is 13.4. The molecule has 100 valence electrons. The zero-order valence-corrected chi connectivity index (χ0v) is 11.0. The highest BCUT2D eigenvalue weighted by Gasteiger charge is 2.32. The summed E-state index contributed by atoms with van der Waals surface area (Å²) in [7, 11) is 1.38. The summed E-state index contributed by atoms with van der Waals surface area (Å²) in [6.45, 7) is 0.663. The van der Waals surface area contributed by atoms with Crippen LogP contribution in [-0.2, 0) is 4.74 Å². The number of aromatic nitrogens is 4. The number of ether oxygens (including phenoxy) is 1. The van der Waals surface area contributed by atoms with Crippen molar-refractivity contribution < 1.29 is 9.53 Å². The van der Waals surface area contributed by atoms with Crippen LogP contribution in [0.15, 0.2) is 12.7 Å². The number of hydrogen-bond acceptors (Lipinski definition) is 5. The third-order valence-corrected chi connectivity index (χ3v) is 3.54.